The topological polar surface area (TPSA) is 61.5 Å². The number of ether oxygens (including phenoxy) is 1. The number of carbonyl (C=O) groups is 1. The van der Waals surface area contributed by atoms with Gasteiger partial charge in [0.1, 0.15) is 5.75 Å². The summed E-state index contributed by atoms with van der Waals surface area (Å²) in [6, 6.07) is 15.5. The summed E-state index contributed by atoms with van der Waals surface area (Å²) in [5.41, 5.74) is 3.46. The Labute approximate surface area is 175 Å². The summed E-state index contributed by atoms with van der Waals surface area (Å²) in [7, 11) is 1.67. The molecule has 150 valence electrons. The molecular formula is C22H23ClN4O2. The van der Waals surface area contributed by atoms with Gasteiger partial charge in [0, 0.05) is 43.3 Å². The van der Waals surface area contributed by atoms with Gasteiger partial charge in [0.25, 0.3) is 5.91 Å². The van der Waals surface area contributed by atoms with Crippen LogP contribution in [0.2, 0.25) is 5.02 Å². The molecule has 4 rings (SSSR count). The van der Waals surface area contributed by atoms with Crippen LogP contribution in [0.25, 0.3) is 11.3 Å². The van der Waals surface area contributed by atoms with Crippen LogP contribution in [0.4, 0.5) is 0 Å². The van der Waals surface area contributed by atoms with E-state index in [-0.39, 0.29) is 5.91 Å². The van der Waals surface area contributed by atoms with Crippen LogP contribution in [0.5, 0.6) is 5.75 Å². The van der Waals surface area contributed by atoms with Gasteiger partial charge in [-0.2, -0.15) is 5.10 Å². The molecule has 0 saturated carbocycles. The first-order chi connectivity index (χ1) is 14.1. The summed E-state index contributed by atoms with van der Waals surface area (Å²) in [5, 5.41) is 7.71. The van der Waals surface area contributed by atoms with E-state index in [2.05, 4.69) is 27.2 Å². The van der Waals surface area contributed by atoms with Crippen LogP contribution >= 0.6 is 11.6 Å². The van der Waals surface area contributed by atoms with Gasteiger partial charge in [-0.25, -0.2) is 0 Å². The van der Waals surface area contributed by atoms with Crippen LogP contribution in [0.1, 0.15) is 15.9 Å². The Morgan fingerprint density at radius 2 is 1.76 bits per heavy atom. The second-order valence-corrected chi connectivity index (χ2v) is 7.52. The predicted octanol–water partition coefficient (Wildman–Crippen LogP) is 3.70. The maximum atomic E-state index is 13.1. The number of aromatic nitrogens is 2. The van der Waals surface area contributed by atoms with Gasteiger partial charge >= 0.3 is 0 Å². The second-order valence-electron chi connectivity index (χ2n) is 7.08. The molecule has 0 atom stereocenters. The summed E-state index contributed by atoms with van der Waals surface area (Å²) < 4.78 is 5.21. The number of amides is 1. The number of methoxy groups -OCH3 is 1. The van der Waals surface area contributed by atoms with Crippen molar-refractivity contribution in [3.8, 4) is 17.0 Å². The first-order valence-electron chi connectivity index (χ1n) is 9.58. The van der Waals surface area contributed by atoms with E-state index in [0.29, 0.717) is 23.7 Å². The number of H-pyrrole nitrogens is 1. The molecule has 0 unspecified atom stereocenters. The van der Waals surface area contributed by atoms with Crippen molar-refractivity contribution in [2.45, 2.75) is 6.54 Å². The zero-order chi connectivity index (χ0) is 20.2. The fraction of sp³-hybridized carbons (Fsp3) is 0.273. The summed E-state index contributed by atoms with van der Waals surface area (Å²) in [6.45, 7) is 3.94. The van der Waals surface area contributed by atoms with E-state index in [0.717, 1.165) is 36.6 Å². The third-order valence-corrected chi connectivity index (χ3v) is 5.48. The number of nitrogens with zero attached hydrogens (tertiary/aromatic N) is 3. The van der Waals surface area contributed by atoms with Crippen LogP contribution in [-0.4, -0.2) is 59.2 Å². The Bertz CT molecular complexity index is 961. The first kappa shape index (κ1) is 19.5. The van der Waals surface area contributed by atoms with Crippen molar-refractivity contribution in [3.63, 3.8) is 0 Å². The molecule has 2 aromatic carbocycles. The van der Waals surface area contributed by atoms with Gasteiger partial charge in [-0.05, 0) is 29.8 Å². The molecule has 1 aliphatic rings. The van der Waals surface area contributed by atoms with Gasteiger partial charge in [-0.3, -0.25) is 14.8 Å². The minimum atomic E-state index is 0.00722. The van der Waals surface area contributed by atoms with Crippen LogP contribution in [0.3, 0.4) is 0 Å². The van der Waals surface area contributed by atoms with E-state index < -0.39 is 0 Å². The SMILES string of the molecule is COc1ccc(CN2CCN(C(=O)c3cn[nH]c3-c3ccc(Cl)cc3)CC2)cc1. The number of hydrogen-bond donors (Lipinski definition) is 1. The van der Waals surface area contributed by atoms with E-state index >= 15 is 0 Å². The summed E-state index contributed by atoms with van der Waals surface area (Å²) in [6.07, 6.45) is 1.61. The maximum absolute atomic E-state index is 13.1. The van der Waals surface area contributed by atoms with Crippen LogP contribution < -0.4 is 4.74 Å². The predicted molar refractivity (Wildman–Crippen MR) is 113 cm³/mol. The molecule has 2 heterocycles. The Kier molecular flexibility index (Phi) is 5.83. The van der Waals surface area contributed by atoms with E-state index in [1.165, 1.54) is 5.56 Å². The molecule has 1 N–H and O–H groups in total. The van der Waals surface area contributed by atoms with Crippen LogP contribution in [-0.2, 0) is 6.54 Å². The molecule has 1 aliphatic heterocycles. The highest BCUT2D eigenvalue weighted by molar-refractivity contribution is 6.30. The Morgan fingerprint density at radius 3 is 2.41 bits per heavy atom. The summed E-state index contributed by atoms with van der Waals surface area (Å²) in [5.74, 6) is 0.869. The number of piperazine rings is 1. The smallest absolute Gasteiger partial charge is 0.257 e. The van der Waals surface area contributed by atoms with Gasteiger partial charge in [-0.15, -0.1) is 0 Å². The van der Waals surface area contributed by atoms with Crippen molar-refractivity contribution in [2.75, 3.05) is 33.3 Å². The first-order valence-corrected chi connectivity index (χ1v) is 9.95. The zero-order valence-corrected chi connectivity index (χ0v) is 17.0. The Morgan fingerprint density at radius 1 is 1.07 bits per heavy atom. The summed E-state index contributed by atoms with van der Waals surface area (Å²) >= 11 is 5.97. The second kappa shape index (κ2) is 8.68. The molecule has 1 fully saturated rings. The van der Waals surface area contributed by atoms with Crippen molar-refractivity contribution < 1.29 is 9.53 Å². The normalized spacial score (nSPS) is 14.8. The maximum Gasteiger partial charge on any atom is 0.257 e. The van der Waals surface area contributed by atoms with Gasteiger partial charge in [0.05, 0.1) is 24.6 Å². The van der Waals surface area contributed by atoms with E-state index in [9.17, 15) is 4.79 Å². The summed E-state index contributed by atoms with van der Waals surface area (Å²) in [4.78, 5) is 17.3. The van der Waals surface area contributed by atoms with Gasteiger partial charge in [0.2, 0.25) is 0 Å². The average Bonchev–Trinajstić information content (AvgIpc) is 3.25. The zero-order valence-electron chi connectivity index (χ0n) is 16.3. The quantitative estimate of drug-likeness (QED) is 0.696. The number of rotatable bonds is 5. The third-order valence-electron chi connectivity index (χ3n) is 5.23. The lowest BCUT2D eigenvalue weighted by molar-refractivity contribution is 0.0629. The molecule has 6 nitrogen and oxygen atoms in total. The standard InChI is InChI=1S/C22H23ClN4O2/c1-29-19-8-2-16(3-9-19)15-26-10-12-27(13-11-26)22(28)20-14-24-25-21(20)17-4-6-18(23)7-5-17/h2-9,14H,10-13,15H2,1H3,(H,24,25). The lowest BCUT2D eigenvalue weighted by Gasteiger charge is -2.34. The Hall–Kier alpha value is -2.83. The highest BCUT2D eigenvalue weighted by Gasteiger charge is 2.25. The third kappa shape index (κ3) is 4.44. The molecule has 0 bridgehead atoms. The van der Waals surface area contributed by atoms with E-state index in [1.807, 2.05) is 41.3 Å². The molecule has 1 saturated heterocycles. The van der Waals surface area contributed by atoms with Gasteiger partial charge in [0.15, 0.2) is 0 Å². The van der Waals surface area contributed by atoms with Crippen LogP contribution in [0, 0.1) is 0 Å². The largest absolute Gasteiger partial charge is 0.497 e. The molecule has 3 aromatic rings. The van der Waals surface area contributed by atoms with E-state index in [4.69, 9.17) is 16.3 Å². The van der Waals surface area contributed by atoms with E-state index in [1.54, 1.807) is 13.3 Å². The lowest BCUT2D eigenvalue weighted by atomic mass is 10.1. The highest BCUT2D eigenvalue weighted by Crippen LogP contribution is 2.24. The Balaban J connectivity index is 1.38. The monoisotopic (exact) mass is 410 g/mol. The van der Waals surface area contributed by atoms with Crippen LogP contribution in [0.15, 0.2) is 54.7 Å². The number of hydrogen-bond acceptors (Lipinski definition) is 4. The fourth-order valence-electron chi connectivity index (χ4n) is 3.55. The molecule has 0 radical (unpaired) electrons. The molecule has 7 heteroatoms. The lowest BCUT2D eigenvalue weighted by Crippen LogP contribution is -2.48. The fourth-order valence-corrected chi connectivity index (χ4v) is 3.68. The molecule has 1 aromatic heterocycles. The molecule has 1 amide bonds. The number of nitrogens with one attached hydrogen (secondary N) is 1. The number of aromatic amines is 1. The molecule has 0 spiro atoms. The van der Waals surface area contributed by atoms with Gasteiger partial charge < -0.3 is 9.64 Å². The highest BCUT2D eigenvalue weighted by atomic mass is 35.5. The number of halogens is 1. The molecule has 29 heavy (non-hydrogen) atoms. The number of benzene rings is 2. The van der Waals surface area contributed by atoms with Crippen molar-refractivity contribution in [3.05, 3.63) is 70.9 Å². The van der Waals surface area contributed by atoms with Crippen molar-refractivity contribution in [2.24, 2.45) is 0 Å². The number of carbonyl (C=O) groups excluding carboxylic acids is 1. The van der Waals surface area contributed by atoms with Gasteiger partial charge in [-0.1, -0.05) is 35.9 Å². The average molecular weight is 411 g/mol. The minimum absolute atomic E-state index is 0.00722. The van der Waals surface area contributed by atoms with Crippen molar-refractivity contribution >= 4 is 17.5 Å². The van der Waals surface area contributed by atoms with Crippen molar-refractivity contribution in [1.29, 1.82) is 0 Å². The molecule has 0 aliphatic carbocycles. The molecular weight excluding hydrogens is 388 g/mol. The minimum Gasteiger partial charge on any atom is -0.497 e. The van der Waals surface area contributed by atoms with Crippen molar-refractivity contribution in [1.82, 2.24) is 20.0 Å².